The van der Waals surface area contributed by atoms with Crippen LogP contribution in [-0.4, -0.2) is 30.6 Å². The quantitative estimate of drug-likeness (QED) is 0.157. The average molecular weight is 554 g/mol. The number of amides is 1. The Labute approximate surface area is 224 Å². The van der Waals surface area contributed by atoms with Gasteiger partial charge in [-0.05, 0) is 49.1 Å². The monoisotopic (exact) mass is 553 g/mol. The van der Waals surface area contributed by atoms with Crippen LogP contribution in [-0.2, 0) is 16.5 Å². The highest BCUT2D eigenvalue weighted by Crippen LogP contribution is 2.41. The van der Waals surface area contributed by atoms with E-state index in [0.717, 1.165) is 6.07 Å². The van der Waals surface area contributed by atoms with Crippen molar-refractivity contribution in [3.8, 4) is 11.5 Å². The van der Waals surface area contributed by atoms with Gasteiger partial charge in [-0.15, -0.1) is 5.11 Å². The molecule has 38 heavy (non-hydrogen) atoms. The van der Waals surface area contributed by atoms with Crippen LogP contribution in [0, 0.1) is 0 Å². The van der Waals surface area contributed by atoms with Gasteiger partial charge in [0.1, 0.15) is 16.3 Å². The third kappa shape index (κ3) is 5.77. The molecule has 3 N–H and O–H groups in total. The van der Waals surface area contributed by atoms with Gasteiger partial charge in [-0.1, -0.05) is 48.9 Å². The van der Waals surface area contributed by atoms with Crippen LogP contribution in [0.2, 0.25) is 5.02 Å². The number of phenols is 1. The highest BCUT2D eigenvalue weighted by atomic mass is 35.5. The maximum Gasteiger partial charge on any atom is 0.294 e. The molecule has 11 heteroatoms. The Balaban J connectivity index is 1.81. The normalized spacial score (nSPS) is 11.7. The first-order valence-electron chi connectivity index (χ1n) is 11.6. The zero-order chi connectivity index (χ0) is 27.4. The second-order valence-corrected chi connectivity index (χ2v) is 10.0. The van der Waals surface area contributed by atoms with Crippen molar-refractivity contribution in [3.05, 3.63) is 82.9 Å². The fourth-order valence-electron chi connectivity index (χ4n) is 4.00. The highest BCUT2D eigenvalue weighted by Gasteiger charge is 2.21. The number of ether oxygens (including phenoxy) is 1. The number of rotatable bonds is 8. The lowest BCUT2D eigenvalue weighted by molar-refractivity contribution is 0.102. The van der Waals surface area contributed by atoms with E-state index in [4.69, 9.17) is 16.3 Å². The van der Waals surface area contributed by atoms with Crippen LogP contribution < -0.4 is 10.1 Å². The molecule has 1 amide bonds. The van der Waals surface area contributed by atoms with Crippen LogP contribution in [0.15, 0.2) is 81.9 Å². The molecule has 4 rings (SSSR count). The summed E-state index contributed by atoms with van der Waals surface area (Å²) in [5, 5.41) is 23.4. The van der Waals surface area contributed by atoms with Crippen molar-refractivity contribution in [1.82, 2.24) is 0 Å². The van der Waals surface area contributed by atoms with Gasteiger partial charge in [-0.25, -0.2) is 0 Å². The van der Waals surface area contributed by atoms with Crippen molar-refractivity contribution >= 4 is 55.5 Å². The van der Waals surface area contributed by atoms with Gasteiger partial charge in [-0.2, -0.15) is 13.5 Å². The molecule has 196 valence electrons. The number of anilines is 1. The van der Waals surface area contributed by atoms with Crippen LogP contribution >= 0.6 is 11.6 Å². The highest BCUT2D eigenvalue weighted by molar-refractivity contribution is 7.85. The van der Waals surface area contributed by atoms with Crippen molar-refractivity contribution in [3.63, 3.8) is 0 Å². The fourth-order valence-corrected chi connectivity index (χ4v) is 5.11. The van der Waals surface area contributed by atoms with Gasteiger partial charge in [0.15, 0.2) is 5.75 Å². The smallest absolute Gasteiger partial charge is 0.294 e. The van der Waals surface area contributed by atoms with E-state index in [2.05, 4.69) is 15.5 Å². The van der Waals surface area contributed by atoms with Crippen LogP contribution in [0.4, 0.5) is 17.1 Å². The van der Waals surface area contributed by atoms with Crippen LogP contribution in [0.3, 0.4) is 0 Å². The number of carbonyl (C=O) groups is 1. The van der Waals surface area contributed by atoms with E-state index in [0.29, 0.717) is 28.8 Å². The van der Waals surface area contributed by atoms with Gasteiger partial charge < -0.3 is 15.2 Å². The molecule has 0 saturated carbocycles. The van der Waals surface area contributed by atoms with Crippen molar-refractivity contribution < 1.29 is 27.6 Å². The van der Waals surface area contributed by atoms with E-state index in [1.165, 1.54) is 6.07 Å². The van der Waals surface area contributed by atoms with Gasteiger partial charge in [0, 0.05) is 27.7 Å². The fraction of sp³-hybridized carbons (Fsp3) is 0.148. The maximum absolute atomic E-state index is 13.2. The van der Waals surface area contributed by atoms with Crippen molar-refractivity contribution in [2.24, 2.45) is 10.2 Å². The third-order valence-corrected chi connectivity index (χ3v) is 6.82. The number of benzene rings is 4. The van der Waals surface area contributed by atoms with Crippen LogP contribution in [0.1, 0.15) is 29.8 Å². The summed E-state index contributed by atoms with van der Waals surface area (Å²) in [4.78, 5) is 12.8. The third-order valence-electron chi connectivity index (χ3n) is 5.68. The number of nitrogens with one attached hydrogen (secondary N) is 1. The number of nitrogens with zero attached hydrogens (tertiary/aromatic N) is 2. The lowest BCUT2D eigenvalue weighted by Crippen LogP contribution is -2.12. The van der Waals surface area contributed by atoms with E-state index < -0.39 is 21.8 Å². The predicted octanol–water partition coefficient (Wildman–Crippen LogP) is 7.07. The van der Waals surface area contributed by atoms with E-state index in [9.17, 15) is 22.9 Å². The summed E-state index contributed by atoms with van der Waals surface area (Å²) in [7, 11) is -4.57. The lowest BCUT2D eigenvalue weighted by atomic mass is 10.0. The van der Waals surface area contributed by atoms with Crippen molar-refractivity contribution in [2.75, 3.05) is 11.9 Å². The Morgan fingerprint density at radius 1 is 1.03 bits per heavy atom. The molecule has 0 aliphatic rings. The summed E-state index contributed by atoms with van der Waals surface area (Å²) in [6.07, 6.45) is 0.205. The number of phenolic OH excluding ortho intramolecular Hbond substituents is 1. The molecule has 0 heterocycles. The first-order chi connectivity index (χ1) is 18.1. The number of azo groups is 1. The van der Waals surface area contributed by atoms with Gasteiger partial charge in [0.05, 0.1) is 17.9 Å². The topological polar surface area (TPSA) is 138 Å². The summed E-state index contributed by atoms with van der Waals surface area (Å²) in [5.74, 6) is -0.412. The van der Waals surface area contributed by atoms with E-state index in [1.807, 2.05) is 6.92 Å². The van der Waals surface area contributed by atoms with Gasteiger partial charge in [0.25, 0.3) is 16.0 Å². The maximum atomic E-state index is 13.2. The number of hydrogen-bond donors (Lipinski definition) is 3. The van der Waals surface area contributed by atoms with E-state index in [-0.39, 0.29) is 38.8 Å². The Morgan fingerprint density at radius 2 is 1.79 bits per heavy atom. The predicted molar refractivity (Wildman–Crippen MR) is 146 cm³/mol. The lowest BCUT2D eigenvalue weighted by Gasteiger charge is -2.12. The molecule has 0 bridgehead atoms. The number of carbonyl (C=O) groups excluding carboxylic acids is 1. The first kappa shape index (κ1) is 27.1. The zero-order valence-electron chi connectivity index (χ0n) is 20.5. The Hall–Kier alpha value is -3.99. The summed E-state index contributed by atoms with van der Waals surface area (Å²) in [6.45, 7) is 4.01. The molecular formula is C27H24ClN3O6S. The molecule has 0 fully saturated rings. The molecule has 0 aromatic heterocycles. The Morgan fingerprint density at radius 3 is 2.50 bits per heavy atom. The first-order valence-corrected chi connectivity index (χ1v) is 13.4. The van der Waals surface area contributed by atoms with E-state index in [1.54, 1.807) is 61.5 Å². The molecule has 4 aromatic rings. The Kier molecular flexibility index (Phi) is 7.96. The SMILES string of the molecule is CCOc1cccc(NC(=O)c2cc3ccccc3c(N=Nc3cc(Cl)cc(S(=O)(=O)O)c3CC)c2O)c1. The molecule has 0 saturated heterocycles. The minimum absolute atomic E-state index is 0.00625. The van der Waals surface area contributed by atoms with Crippen molar-refractivity contribution in [1.29, 1.82) is 0 Å². The number of halogens is 1. The van der Waals surface area contributed by atoms with Gasteiger partial charge in [-0.3, -0.25) is 9.35 Å². The number of hydrogen-bond acceptors (Lipinski definition) is 7. The molecule has 4 aromatic carbocycles. The number of fused-ring (bicyclic) bond motifs is 1. The van der Waals surface area contributed by atoms with Crippen molar-refractivity contribution in [2.45, 2.75) is 25.2 Å². The molecule has 0 radical (unpaired) electrons. The zero-order valence-corrected chi connectivity index (χ0v) is 22.0. The molecule has 0 spiro atoms. The molecule has 0 aliphatic carbocycles. The number of aromatic hydroxyl groups is 1. The molecule has 0 unspecified atom stereocenters. The summed E-state index contributed by atoms with van der Waals surface area (Å²) < 4.78 is 38.9. The largest absolute Gasteiger partial charge is 0.505 e. The van der Waals surface area contributed by atoms with Gasteiger partial charge in [0.2, 0.25) is 0 Å². The minimum atomic E-state index is -4.57. The second kappa shape index (κ2) is 11.2. The molecule has 0 aliphatic heterocycles. The summed E-state index contributed by atoms with van der Waals surface area (Å²) in [5.41, 5.74) is 0.735. The van der Waals surface area contributed by atoms with Gasteiger partial charge >= 0.3 is 0 Å². The molecule has 9 nitrogen and oxygen atoms in total. The summed E-state index contributed by atoms with van der Waals surface area (Å²) >= 11 is 6.08. The molecular weight excluding hydrogens is 530 g/mol. The average Bonchev–Trinajstić information content (AvgIpc) is 2.87. The summed E-state index contributed by atoms with van der Waals surface area (Å²) in [6, 6.07) is 17.9. The van der Waals surface area contributed by atoms with Crippen LogP contribution in [0.25, 0.3) is 10.8 Å². The minimum Gasteiger partial charge on any atom is -0.505 e. The Bertz CT molecular complexity index is 1670. The van der Waals surface area contributed by atoms with E-state index >= 15 is 0 Å². The standard InChI is InChI=1S/C27H24ClN3O6S/c1-3-20-23(13-17(28)14-24(20)38(34,35)36)30-31-25-21-11-6-5-8-16(21)12-22(26(25)32)27(33)29-18-9-7-10-19(15-18)37-4-2/h5-15,32H,3-4H2,1-2H3,(H,29,33)(H,34,35,36). The second-order valence-electron chi connectivity index (χ2n) is 8.19. The molecule has 0 atom stereocenters. The van der Waals surface area contributed by atoms with Crippen LogP contribution in [0.5, 0.6) is 11.5 Å².